The van der Waals surface area contributed by atoms with Gasteiger partial charge in [0.05, 0.1) is 6.54 Å². The molecule has 0 unspecified atom stereocenters. The number of rotatable bonds is 4. The Morgan fingerprint density at radius 3 is 2.65 bits per heavy atom. The van der Waals surface area contributed by atoms with Crippen molar-refractivity contribution in [3.05, 3.63) is 40.4 Å². The minimum absolute atomic E-state index is 0.000292. The molecule has 0 saturated heterocycles. The van der Waals surface area contributed by atoms with Gasteiger partial charge in [-0.15, -0.1) is 0 Å². The number of hydrogen-bond donors (Lipinski definition) is 0. The van der Waals surface area contributed by atoms with E-state index in [1.54, 1.807) is 10.8 Å². The maximum absolute atomic E-state index is 12.9. The second kappa shape index (κ2) is 5.52. The van der Waals surface area contributed by atoms with Crippen molar-refractivity contribution in [3.63, 3.8) is 0 Å². The maximum atomic E-state index is 12.9. The smallest absolute Gasteiger partial charge is 0.349 e. The van der Waals surface area contributed by atoms with Crippen molar-refractivity contribution in [1.82, 2.24) is 14.3 Å². The fraction of sp³-hybridized carbons (Fsp3) is 0.462. The summed E-state index contributed by atoms with van der Waals surface area (Å²) in [4.78, 5) is 0. The summed E-state index contributed by atoms with van der Waals surface area (Å²) in [5, 5.41) is 3.48. The van der Waals surface area contributed by atoms with Crippen LogP contribution in [0.25, 0.3) is 0 Å². The molecule has 0 aromatic carbocycles. The first-order chi connectivity index (χ1) is 9.32. The Hall–Kier alpha value is -1.43. The van der Waals surface area contributed by atoms with Crippen LogP contribution in [0.2, 0.25) is 5.15 Å². The fourth-order valence-corrected chi connectivity index (χ4v) is 2.31. The Bertz CT molecular complexity index is 599. The zero-order valence-electron chi connectivity index (χ0n) is 11.2. The summed E-state index contributed by atoms with van der Waals surface area (Å²) >= 11 is 5.92. The number of hydrogen-bond acceptors (Lipinski definition) is 1. The quantitative estimate of drug-likeness (QED) is 0.840. The van der Waals surface area contributed by atoms with E-state index in [-0.39, 0.29) is 17.3 Å². The Balaban J connectivity index is 2.32. The van der Waals surface area contributed by atoms with Gasteiger partial charge >= 0.3 is 6.18 Å². The van der Waals surface area contributed by atoms with E-state index in [9.17, 15) is 13.2 Å². The number of halogens is 4. The molecule has 0 aliphatic rings. The van der Waals surface area contributed by atoms with Crippen LogP contribution in [-0.2, 0) is 26.2 Å². The van der Waals surface area contributed by atoms with Crippen LogP contribution < -0.4 is 0 Å². The largest absolute Gasteiger partial charge is 0.435 e. The summed E-state index contributed by atoms with van der Waals surface area (Å²) in [5.41, 5.74) is 0.178. The lowest BCUT2D eigenvalue weighted by Crippen LogP contribution is -2.11. The standard InChI is InChI=1S/C13H15ClF3N3/c1-3-4-9-5-6-20(7-9)8-10-11(13(15,16)17)18-19(2)12(10)14/h5-7H,3-4,8H2,1-2H3. The fourth-order valence-electron chi connectivity index (χ4n) is 2.12. The second-order valence-corrected chi connectivity index (χ2v) is 5.04. The molecule has 0 radical (unpaired) electrons. The molecule has 20 heavy (non-hydrogen) atoms. The lowest BCUT2D eigenvalue weighted by atomic mass is 10.2. The third-order valence-corrected chi connectivity index (χ3v) is 3.50. The molecule has 0 aliphatic carbocycles. The lowest BCUT2D eigenvalue weighted by molar-refractivity contribution is -0.142. The Morgan fingerprint density at radius 1 is 1.35 bits per heavy atom. The van der Waals surface area contributed by atoms with Crippen molar-refractivity contribution in [2.75, 3.05) is 0 Å². The summed E-state index contributed by atoms with van der Waals surface area (Å²) in [6.45, 7) is 2.11. The first kappa shape index (κ1) is 15.0. The molecule has 2 rings (SSSR count). The van der Waals surface area contributed by atoms with E-state index in [0.29, 0.717) is 0 Å². The zero-order chi connectivity index (χ0) is 14.9. The van der Waals surface area contributed by atoms with E-state index in [1.165, 1.54) is 7.05 Å². The van der Waals surface area contributed by atoms with Gasteiger partial charge in [0.25, 0.3) is 0 Å². The molecule has 3 nitrogen and oxygen atoms in total. The summed E-state index contributed by atoms with van der Waals surface area (Å²) in [6, 6.07) is 1.90. The van der Waals surface area contributed by atoms with Crippen LogP contribution in [0.3, 0.4) is 0 Å². The number of alkyl halides is 3. The molecule has 0 fully saturated rings. The minimum atomic E-state index is -4.50. The second-order valence-electron chi connectivity index (χ2n) is 4.68. The number of aromatic nitrogens is 3. The average molecular weight is 306 g/mol. The predicted molar refractivity (Wildman–Crippen MR) is 70.7 cm³/mol. The highest BCUT2D eigenvalue weighted by Crippen LogP contribution is 2.34. The molecular formula is C13H15ClF3N3. The lowest BCUT2D eigenvalue weighted by Gasteiger charge is -2.07. The molecule has 0 amide bonds. The van der Waals surface area contributed by atoms with E-state index in [1.807, 2.05) is 12.3 Å². The predicted octanol–water partition coefficient (Wildman–Crippen LogP) is 3.89. The van der Waals surface area contributed by atoms with E-state index >= 15 is 0 Å². The molecule has 7 heteroatoms. The van der Waals surface area contributed by atoms with Gasteiger partial charge in [0.2, 0.25) is 0 Å². The Kier molecular flexibility index (Phi) is 4.13. The molecule has 0 N–H and O–H groups in total. The van der Waals surface area contributed by atoms with E-state index in [4.69, 9.17) is 11.6 Å². The van der Waals surface area contributed by atoms with Gasteiger partial charge in [-0.2, -0.15) is 18.3 Å². The van der Waals surface area contributed by atoms with Crippen LogP contribution in [0, 0.1) is 0 Å². The number of aryl methyl sites for hydroxylation is 2. The molecule has 0 atom stereocenters. The van der Waals surface area contributed by atoms with Crippen LogP contribution >= 0.6 is 11.6 Å². The molecule has 2 aromatic rings. The molecule has 2 heterocycles. The molecule has 0 aliphatic heterocycles. The molecule has 0 spiro atoms. The summed E-state index contributed by atoms with van der Waals surface area (Å²) in [7, 11) is 1.40. The van der Waals surface area contributed by atoms with Gasteiger partial charge in [0, 0.05) is 25.0 Å². The van der Waals surface area contributed by atoms with Crippen LogP contribution in [0.5, 0.6) is 0 Å². The third-order valence-electron chi connectivity index (χ3n) is 3.03. The average Bonchev–Trinajstić information content (AvgIpc) is 2.89. The third kappa shape index (κ3) is 3.00. The Labute approximate surface area is 120 Å². The van der Waals surface area contributed by atoms with Crippen molar-refractivity contribution in [2.45, 2.75) is 32.5 Å². The van der Waals surface area contributed by atoms with Crippen LogP contribution in [0.15, 0.2) is 18.5 Å². The SMILES string of the molecule is CCCc1ccn(Cc2c(C(F)(F)F)nn(C)c2Cl)c1. The van der Waals surface area contributed by atoms with Crippen molar-refractivity contribution < 1.29 is 13.2 Å². The van der Waals surface area contributed by atoms with Gasteiger partial charge in [0.15, 0.2) is 5.69 Å². The van der Waals surface area contributed by atoms with Crippen molar-refractivity contribution >= 4 is 11.6 Å². The molecule has 0 saturated carbocycles. The van der Waals surface area contributed by atoms with Gasteiger partial charge in [0.1, 0.15) is 5.15 Å². The molecule has 0 bridgehead atoms. The van der Waals surface area contributed by atoms with E-state index in [2.05, 4.69) is 12.0 Å². The van der Waals surface area contributed by atoms with Gasteiger partial charge < -0.3 is 4.57 Å². The zero-order valence-corrected chi connectivity index (χ0v) is 12.0. The van der Waals surface area contributed by atoms with Crippen LogP contribution in [0.1, 0.15) is 30.2 Å². The summed E-state index contributed by atoms with van der Waals surface area (Å²) < 4.78 is 41.5. The van der Waals surface area contributed by atoms with Crippen molar-refractivity contribution in [3.8, 4) is 0 Å². The first-order valence-electron chi connectivity index (χ1n) is 6.26. The van der Waals surface area contributed by atoms with Gasteiger partial charge in [-0.3, -0.25) is 4.68 Å². The maximum Gasteiger partial charge on any atom is 0.435 e. The highest BCUT2D eigenvalue weighted by molar-refractivity contribution is 6.30. The topological polar surface area (TPSA) is 22.8 Å². The van der Waals surface area contributed by atoms with Crippen molar-refractivity contribution in [2.24, 2.45) is 7.05 Å². The van der Waals surface area contributed by atoms with Crippen LogP contribution in [-0.4, -0.2) is 14.3 Å². The Morgan fingerprint density at radius 2 is 2.05 bits per heavy atom. The highest BCUT2D eigenvalue weighted by atomic mass is 35.5. The monoisotopic (exact) mass is 305 g/mol. The normalized spacial score (nSPS) is 12.1. The van der Waals surface area contributed by atoms with Gasteiger partial charge in [-0.1, -0.05) is 24.9 Å². The van der Waals surface area contributed by atoms with Crippen molar-refractivity contribution in [1.29, 1.82) is 0 Å². The summed E-state index contributed by atoms with van der Waals surface area (Å²) in [5.74, 6) is 0. The van der Waals surface area contributed by atoms with Gasteiger partial charge in [-0.05, 0) is 18.1 Å². The minimum Gasteiger partial charge on any atom is -0.349 e. The highest BCUT2D eigenvalue weighted by Gasteiger charge is 2.38. The summed E-state index contributed by atoms with van der Waals surface area (Å²) in [6.07, 6.45) is 0.993. The number of nitrogens with zero attached hydrogens (tertiary/aromatic N) is 3. The van der Waals surface area contributed by atoms with E-state index < -0.39 is 11.9 Å². The molecule has 2 aromatic heterocycles. The van der Waals surface area contributed by atoms with Gasteiger partial charge in [-0.25, -0.2) is 0 Å². The molecule has 110 valence electrons. The van der Waals surface area contributed by atoms with E-state index in [0.717, 1.165) is 23.1 Å². The van der Waals surface area contributed by atoms with Crippen LogP contribution in [0.4, 0.5) is 13.2 Å². The first-order valence-corrected chi connectivity index (χ1v) is 6.64. The molecular weight excluding hydrogens is 291 g/mol.